The Balaban J connectivity index is 2.15. The zero-order valence-electron chi connectivity index (χ0n) is 11.1. The van der Waals surface area contributed by atoms with Crippen LogP contribution in [0, 0.1) is 11.3 Å². The Kier molecular flexibility index (Phi) is 3.54. The van der Waals surface area contributed by atoms with Crippen LogP contribution in [0.1, 0.15) is 32.3 Å². The molecule has 0 N–H and O–H groups in total. The molecule has 1 aliphatic rings. The molecule has 6 nitrogen and oxygen atoms in total. The van der Waals surface area contributed by atoms with Gasteiger partial charge in [0.15, 0.2) is 5.69 Å². The minimum Gasteiger partial charge on any atom is -0.444 e. The fraction of sp³-hybridized carbons (Fsp3) is 0.583. The summed E-state index contributed by atoms with van der Waals surface area (Å²) in [5, 5.41) is 8.93. The molecule has 0 saturated heterocycles. The molecule has 2 rings (SSSR count). The van der Waals surface area contributed by atoms with Crippen molar-refractivity contribution in [3.05, 3.63) is 16.1 Å². The van der Waals surface area contributed by atoms with E-state index in [4.69, 9.17) is 10.00 Å². The minimum absolute atomic E-state index is 0.348. The standard InChI is InChI=1S/C12H15BrN4O2/c1-12(2,3)19-11(18)16-4-5-17-9(7-16)15-8(6-14)10(17)13/h4-5,7H2,1-3H3. The number of fused-ring (bicyclic) bond motifs is 1. The molecule has 19 heavy (non-hydrogen) atoms. The molecule has 0 atom stereocenters. The van der Waals surface area contributed by atoms with Gasteiger partial charge in [-0.05, 0) is 36.7 Å². The number of amides is 1. The number of halogens is 1. The van der Waals surface area contributed by atoms with E-state index in [-0.39, 0.29) is 6.09 Å². The summed E-state index contributed by atoms with van der Waals surface area (Å²) in [7, 11) is 0. The van der Waals surface area contributed by atoms with Crippen LogP contribution in [0.4, 0.5) is 4.79 Å². The van der Waals surface area contributed by atoms with Gasteiger partial charge in [-0.3, -0.25) is 4.90 Å². The van der Waals surface area contributed by atoms with Crippen LogP contribution >= 0.6 is 15.9 Å². The van der Waals surface area contributed by atoms with Crippen molar-refractivity contribution in [1.82, 2.24) is 14.5 Å². The molecular formula is C12H15BrN4O2. The van der Waals surface area contributed by atoms with Crippen molar-refractivity contribution in [2.24, 2.45) is 0 Å². The molecule has 0 bridgehead atoms. The molecule has 0 fully saturated rings. The van der Waals surface area contributed by atoms with Gasteiger partial charge in [0.25, 0.3) is 0 Å². The summed E-state index contributed by atoms with van der Waals surface area (Å²) in [6, 6.07) is 2.02. The first-order chi connectivity index (χ1) is 8.81. The third-order valence-corrected chi connectivity index (χ3v) is 3.47. The third-order valence-electron chi connectivity index (χ3n) is 2.67. The summed E-state index contributed by atoms with van der Waals surface area (Å²) in [5.74, 6) is 0.695. The highest BCUT2D eigenvalue weighted by Crippen LogP contribution is 2.23. The molecule has 1 aliphatic heterocycles. The van der Waals surface area contributed by atoms with Gasteiger partial charge in [-0.25, -0.2) is 9.78 Å². The molecule has 102 valence electrons. The number of nitrogens with zero attached hydrogens (tertiary/aromatic N) is 4. The molecule has 7 heteroatoms. The highest BCUT2D eigenvalue weighted by molar-refractivity contribution is 9.10. The van der Waals surface area contributed by atoms with E-state index in [1.807, 2.05) is 31.4 Å². The molecule has 0 aliphatic carbocycles. The first-order valence-corrected chi connectivity index (χ1v) is 6.74. The number of carbonyl (C=O) groups is 1. The third kappa shape index (κ3) is 2.89. The normalized spacial score (nSPS) is 14.8. The van der Waals surface area contributed by atoms with E-state index in [2.05, 4.69) is 20.9 Å². The average molecular weight is 327 g/mol. The summed E-state index contributed by atoms with van der Waals surface area (Å²) >= 11 is 3.35. The molecular weight excluding hydrogens is 312 g/mol. The summed E-state index contributed by atoms with van der Waals surface area (Å²) in [6.45, 7) is 7.00. The van der Waals surface area contributed by atoms with E-state index in [1.54, 1.807) is 4.90 Å². The fourth-order valence-electron chi connectivity index (χ4n) is 1.85. The SMILES string of the molecule is CC(C)(C)OC(=O)N1CCn2c(nc(C#N)c2Br)C1. The summed E-state index contributed by atoms with van der Waals surface area (Å²) in [4.78, 5) is 17.8. The Morgan fingerprint density at radius 1 is 1.47 bits per heavy atom. The first kappa shape index (κ1) is 13.9. The van der Waals surface area contributed by atoms with E-state index in [0.29, 0.717) is 35.8 Å². The molecule has 0 spiro atoms. The maximum absolute atomic E-state index is 12.0. The Morgan fingerprint density at radius 3 is 2.74 bits per heavy atom. The Morgan fingerprint density at radius 2 is 2.16 bits per heavy atom. The number of rotatable bonds is 0. The lowest BCUT2D eigenvalue weighted by Gasteiger charge is -2.30. The lowest BCUT2D eigenvalue weighted by molar-refractivity contribution is 0.0194. The van der Waals surface area contributed by atoms with Crippen molar-refractivity contribution in [3.63, 3.8) is 0 Å². The first-order valence-electron chi connectivity index (χ1n) is 5.95. The lowest BCUT2D eigenvalue weighted by Crippen LogP contribution is -2.41. The highest BCUT2D eigenvalue weighted by atomic mass is 79.9. The largest absolute Gasteiger partial charge is 0.444 e. The van der Waals surface area contributed by atoms with Crippen LogP contribution in [0.15, 0.2) is 4.60 Å². The van der Waals surface area contributed by atoms with Crippen molar-refractivity contribution in [3.8, 4) is 6.07 Å². The molecule has 2 heterocycles. The minimum atomic E-state index is -0.512. The van der Waals surface area contributed by atoms with Crippen molar-refractivity contribution < 1.29 is 9.53 Å². The van der Waals surface area contributed by atoms with E-state index in [9.17, 15) is 4.79 Å². The van der Waals surface area contributed by atoms with Gasteiger partial charge in [0.05, 0.1) is 6.54 Å². The number of nitriles is 1. The molecule has 0 aromatic carbocycles. The Hall–Kier alpha value is -1.55. The molecule has 1 amide bonds. The maximum Gasteiger partial charge on any atom is 0.410 e. The number of hydrogen-bond donors (Lipinski definition) is 0. The molecule has 1 aromatic rings. The number of aromatic nitrogens is 2. The Bertz CT molecular complexity index is 553. The smallest absolute Gasteiger partial charge is 0.410 e. The van der Waals surface area contributed by atoms with Gasteiger partial charge in [-0.1, -0.05) is 0 Å². The predicted octanol–water partition coefficient (Wildman–Crippen LogP) is 2.27. The second-order valence-electron chi connectivity index (χ2n) is 5.33. The van der Waals surface area contributed by atoms with Crippen molar-refractivity contribution in [1.29, 1.82) is 5.26 Å². The summed E-state index contributed by atoms with van der Waals surface area (Å²) in [5.41, 5.74) is -0.163. The molecule has 0 unspecified atom stereocenters. The molecule has 0 radical (unpaired) electrons. The number of ether oxygens (including phenoxy) is 1. The van der Waals surface area contributed by atoms with Crippen LogP contribution in [-0.2, 0) is 17.8 Å². The van der Waals surface area contributed by atoms with Crippen LogP contribution in [0.5, 0.6) is 0 Å². The van der Waals surface area contributed by atoms with Gasteiger partial charge in [0, 0.05) is 13.1 Å². The van der Waals surface area contributed by atoms with Gasteiger partial charge in [0.2, 0.25) is 0 Å². The van der Waals surface area contributed by atoms with Crippen molar-refractivity contribution in [2.75, 3.05) is 6.54 Å². The summed E-state index contributed by atoms with van der Waals surface area (Å²) in [6.07, 6.45) is -0.351. The quantitative estimate of drug-likeness (QED) is 0.733. The van der Waals surface area contributed by atoms with Gasteiger partial charge in [0.1, 0.15) is 22.1 Å². The van der Waals surface area contributed by atoms with E-state index in [1.165, 1.54) is 0 Å². The average Bonchev–Trinajstić information content (AvgIpc) is 2.63. The van der Waals surface area contributed by atoms with Gasteiger partial charge < -0.3 is 9.30 Å². The second kappa shape index (κ2) is 4.85. The van der Waals surface area contributed by atoms with Crippen LogP contribution in [0.2, 0.25) is 0 Å². The van der Waals surface area contributed by atoms with Crippen LogP contribution in [0.25, 0.3) is 0 Å². The maximum atomic E-state index is 12.0. The van der Waals surface area contributed by atoms with Crippen LogP contribution in [0.3, 0.4) is 0 Å². The Labute approximate surface area is 120 Å². The predicted molar refractivity (Wildman–Crippen MR) is 71.3 cm³/mol. The van der Waals surface area contributed by atoms with E-state index < -0.39 is 5.60 Å². The fourth-order valence-corrected chi connectivity index (χ4v) is 2.41. The van der Waals surface area contributed by atoms with Crippen LogP contribution in [-0.4, -0.2) is 32.7 Å². The van der Waals surface area contributed by atoms with Gasteiger partial charge in [-0.2, -0.15) is 5.26 Å². The second-order valence-corrected chi connectivity index (χ2v) is 6.08. The highest BCUT2D eigenvalue weighted by Gasteiger charge is 2.28. The monoisotopic (exact) mass is 326 g/mol. The lowest BCUT2D eigenvalue weighted by atomic mass is 10.2. The zero-order chi connectivity index (χ0) is 14.2. The van der Waals surface area contributed by atoms with E-state index >= 15 is 0 Å². The van der Waals surface area contributed by atoms with Gasteiger partial charge >= 0.3 is 6.09 Å². The van der Waals surface area contributed by atoms with E-state index in [0.717, 1.165) is 0 Å². The zero-order valence-corrected chi connectivity index (χ0v) is 12.7. The van der Waals surface area contributed by atoms with Crippen molar-refractivity contribution in [2.45, 2.75) is 39.5 Å². The van der Waals surface area contributed by atoms with Crippen LogP contribution < -0.4 is 0 Å². The molecule has 1 aromatic heterocycles. The van der Waals surface area contributed by atoms with Crippen molar-refractivity contribution >= 4 is 22.0 Å². The summed E-state index contributed by atoms with van der Waals surface area (Å²) < 4.78 is 7.91. The number of carbonyl (C=O) groups excluding carboxylic acids is 1. The molecule has 0 saturated carbocycles. The number of imidazole rings is 1. The number of hydrogen-bond acceptors (Lipinski definition) is 4. The topological polar surface area (TPSA) is 71.2 Å². The van der Waals surface area contributed by atoms with Gasteiger partial charge in [-0.15, -0.1) is 0 Å².